The Labute approximate surface area is 145 Å². The number of halogens is 1. The molecule has 0 spiro atoms. The fraction of sp³-hybridized carbons (Fsp3) is 0.143. The van der Waals surface area contributed by atoms with Crippen molar-refractivity contribution in [2.45, 2.75) is 18.7 Å². The van der Waals surface area contributed by atoms with Gasteiger partial charge in [0.05, 0.1) is 0 Å². The molecule has 0 aliphatic heterocycles. The number of hydrogen-bond donors (Lipinski definition) is 0. The predicted molar refractivity (Wildman–Crippen MR) is 93.3 cm³/mol. The van der Waals surface area contributed by atoms with Crippen LogP contribution in [0.3, 0.4) is 0 Å². The Kier molecular flexibility index (Phi) is 4.49. The zero-order valence-corrected chi connectivity index (χ0v) is 13.6. The highest BCUT2D eigenvalue weighted by Gasteiger charge is 2.44. The summed E-state index contributed by atoms with van der Waals surface area (Å²) < 4.78 is 20.7. The Balaban J connectivity index is 1.97. The zero-order chi connectivity index (χ0) is 17.9. The van der Waals surface area contributed by atoms with E-state index in [1.54, 1.807) is 61.5 Å². The number of alkyl halides is 1. The molecule has 0 aliphatic rings. The van der Waals surface area contributed by atoms with Crippen LogP contribution >= 0.6 is 0 Å². The van der Waals surface area contributed by atoms with Gasteiger partial charge in [0.2, 0.25) is 0 Å². The van der Waals surface area contributed by atoms with Crippen LogP contribution in [0.5, 0.6) is 0 Å². The van der Waals surface area contributed by atoms with Crippen LogP contribution in [-0.2, 0) is 15.2 Å². The second-order valence-corrected chi connectivity index (χ2v) is 5.76. The number of esters is 1. The van der Waals surface area contributed by atoms with Crippen molar-refractivity contribution in [2.24, 2.45) is 0 Å². The summed E-state index contributed by atoms with van der Waals surface area (Å²) in [6.45, 7) is 1.65. The Morgan fingerprint density at radius 1 is 1.04 bits per heavy atom. The molecule has 124 valence electrons. The van der Waals surface area contributed by atoms with Gasteiger partial charge in [-0.15, -0.1) is 0 Å². The monoisotopic (exact) mass is 333 g/mol. The van der Waals surface area contributed by atoms with Crippen LogP contribution in [0.1, 0.15) is 24.2 Å². The molecule has 3 aromatic rings. The first kappa shape index (κ1) is 16.7. The fourth-order valence-corrected chi connectivity index (χ4v) is 2.78. The SMILES string of the molecule is CC(OC(=O)C(F)(C#N)c1cccc2ccccc12)c1ccccc1. The Morgan fingerprint density at radius 2 is 1.68 bits per heavy atom. The van der Waals surface area contributed by atoms with Crippen LogP contribution in [-0.4, -0.2) is 5.97 Å². The maximum atomic E-state index is 15.4. The van der Waals surface area contributed by atoms with Crippen LogP contribution in [0.25, 0.3) is 10.8 Å². The number of fused-ring (bicyclic) bond motifs is 1. The standard InChI is InChI=1S/C21H16FNO2/c1-15(16-8-3-2-4-9-16)25-20(24)21(22,14-23)19-13-7-11-17-10-5-6-12-18(17)19/h2-13,15H,1H3. The highest BCUT2D eigenvalue weighted by molar-refractivity contribution is 5.94. The Hall–Kier alpha value is -3.19. The van der Waals surface area contributed by atoms with Crippen molar-refractivity contribution in [1.82, 2.24) is 0 Å². The van der Waals surface area contributed by atoms with Gasteiger partial charge in [-0.25, -0.2) is 9.18 Å². The van der Waals surface area contributed by atoms with Gasteiger partial charge in [0.15, 0.2) is 0 Å². The number of carbonyl (C=O) groups is 1. The van der Waals surface area contributed by atoms with Crippen LogP contribution in [0.2, 0.25) is 0 Å². The number of ether oxygens (including phenoxy) is 1. The normalized spacial score (nSPS) is 14.3. The number of benzene rings is 3. The minimum absolute atomic E-state index is 0.00152. The number of rotatable bonds is 4. The third-order valence-corrected chi connectivity index (χ3v) is 4.15. The molecule has 0 bridgehead atoms. The zero-order valence-electron chi connectivity index (χ0n) is 13.6. The molecule has 0 heterocycles. The smallest absolute Gasteiger partial charge is 0.364 e. The van der Waals surface area contributed by atoms with Gasteiger partial charge in [-0.05, 0) is 23.3 Å². The molecule has 2 unspecified atom stereocenters. The number of nitrogens with zero attached hydrogens (tertiary/aromatic N) is 1. The van der Waals surface area contributed by atoms with Crippen molar-refractivity contribution in [2.75, 3.05) is 0 Å². The lowest BCUT2D eigenvalue weighted by Crippen LogP contribution is -2.32. The number of hydrogen-bond acceptors (Lipinski definition) is 3. The van der Waals surface area contributed by atoms with E-state index in [0.29, 0.717) is 5.39 Å². The molecule has 3 rings (SSSR count). The van der Waals surface area contributed by atoms with Crippen LogP contribution in [0.15, 0.2) is 72.8 Å². The van der Waals surface area contributed by atoms with E-state index in [2.05, 4.69) is 0 Å². The quantitative estimate of drug-likeness (QED) is 0.642. The van der Waals surface area contributed by atoms with Gasteiger partial charge in [-0.1, -0.05) is 72.8 Å². The molecule has 3 aromatic carbocycles. The maximum absolute atomic E-state index is 15.4. The largest absolute Gasteiger partial charge is 0.454 e. The fourth-order valence-electron chi connectivity index (χ4n) is 2.78. The van der Waals surface area contributed by atoms with E-state index in [9.17, 15) is 10.1 Å². The van der Waals surface area contributed by atoms with Crippen molar-refractivity contribution in [3.63, 3.8) is 0 Å². The lowest BCUT2D eigenvalue weighted by atomic mass is 9.92. The molecule has 0 saturated heterocycles. The number of carbonyl (C=O) groups excluding carboxylic acids is 1. The first-order valence-electron chi connectivity index (χ1n) is 7.90. The van der Waals surface area contributed by atoms with E-state index in [4.69, 9.17) is 4.74 Å². The third kappa shape index (κ3) is 3.09. The molecule has 0 aliphatic carbocycles. The molecule has 25 heavy (non-hydrogen) atoms. The highest BCUT2D eigenvalue weighted by atomic mass is 19.1. The Morgan fingerprint density at radius 3 is 2.40 bits per heavy atom. The molecule has 4 heteroatoms. The van der Waals surface area contributed by atoms with Crippen molar-refractivity contribution < 1.29 is 13.9 Å². The molecular formula is C21H16FNO2. The van der Waals surface area contributed by atoms with Gasteiger partial charge in [-0.2, -0.15) is 5.26 Å². The average Bonchev–Trinajstić information content (AvgIpc) is 2.67. The van der Waals surface area contributed by atoms with E-state index >= 15 is 4.39 Å². The highest BCUT2D eigenvalue weighted by Crippen LogP contribution is 2.34. The summed E-state index contributed by atoms with van der Waals surface area (Å²) in [6.07, 6.45) is -0.660. The van der Waals surface area contributed by atoms with Gasteiger partial charge in [0.25, 0.3) is 0 Å². The summed E-state index contributed by atoms with van der Waals surface area (Å²) in [5.41, 5.74) is -2.14. The molecule has 0 radical (unpaired) electrons. The second kappa shape index (κ2) is 6.74. The van der Waals surface area contributed by atoms with Crippen LogP contribution in [0.4, 0.5) is 4.39 Å². The van der Waals surface area contributed by atoms with Crippen molar-refractivity contribution >= 4 is 16.7 Å². The lowest BCUT2D eigenvalue weighted by molar-refractivity contribution is -0.159. The Bertz CT molecular complexity index is 944. The number of nitriles is 1. The van der Waals surface area contributed by atoms with Crippen molar-refractivity contribution in [3.05, 3.63) is 83.9 Å². The van der Waals surface area contributed by atoms with Crippen LogP contribution < -0.4 is 0 Å². The van der Waals surface area contributed by atoms with Gasteiger partial charge < -0.3 is 4.74 Å². The molecule has 0 fully saturated rings. The van der Waals surface area contributed by atoms with Gasteiger partial charge in [0.1, 0.15) is 12.2 Å². The summed E-state index contributed by atoms with van der Waals surface area (Å²) in [5, 5.41) is 10.7. The molecule has 0 N–H and O–H groups in total. The first-order chi connectivity index (χ1) is 12.1. The predicted octanol–water partition coefficient (Wildman–Crippen LogP) is 4.83. The molecule has 0 aromatic heterocycles. The van der Waals surface area contributed by atoms with E-state index in [1.807, 2.05) is 12.1 Å². The summed E-state index contributed by atoms with van der Waals surface area (Å²) in [6, 6.07) is 22.4. The first-order valence-corrected chi connectivity index (χ1v) is 7.90. The molecular weight excluding hydrogens is 317 g/mol. The summed E-state index contributed by atoms with van der Waals surface area (Å²) in [7, 11) is 0. The van der Waals surface area contributed by atoms with E-state index in [-0.39, 0.29) is 5.56 Å². The third-order valence-electron chi connectivity index (χ3n) is 4.15. The van der Waals surface area contributed by atoms with E-state index in [1.165, 1.54) is 12.1 Å². The minimum Gasteiger partial charge on any atom is -0.454 e. The molecule has 3 nitrogen and oxygen atoms in total. The minimum atomic E-state index is -2.87. The molecule has 0 saturated carbocycles. The van der Waals surface area contributed by atoms with Crippen molar-refractivity contribution in [3.8, 4) is 6.07 Å². The van der Waals surface area contributed by atoms with Gasteiger partial charge in [0, 0.05) is 5.56 Å². The van der Waals surface area contributed by atoms with E-state index in [0.717, 1.165) is 10.9 Å². The summed E-state index contributed by atoms with van der Waals surface area (Å²) in [4.78, 5) is 12.5. The van der Waals surface area contributed by atoms with Gasteiger partial charge in [-0.3, -0.25) is 0 Å². The topological polar surface area (TPSA) is 50.1 Å². The lowest BCUT2D eigenvalue weighted by Gasteiger charge is -2.21. The second-order valence-electron chi connectivity index (χ2n) is 5.76. The molecule has 0 amide bonds. The maximum Gasteiger partial charge on any atom is 0.364 e. The van der Waals surface area contributed by atoms with E-state index < -0.39 is 17.7 Å². The summed E-state index contributed by atoms with van der Waals surface area (Å²) >= 11 is 0. The molecule has 2 atom stereocenters. The van der Waals surface area contributed by atoms with Gasteiger partial charge >= 0.3 is 11.6 Å². The average molecular weight is 333 g/mol. The van der Waals surface area contributed by atoms with Crippen molar-refractivity contribution in [1.29, 1.82) is 5.26 Å². The van der Waals surface area contributed by atoms with Crippen LogP contribution in [0, 0.1) is 11.3 Å². The summed E-state index contributed by atoms with van der Waals surface area (Å²) in [5.74, 6) is -1.21.